The number of aryl methyl sites for hydroxylation is 1. The number of benzene rings is 14. The molecule has 16 rings (SSSR count). The maximum Gasteiger partial charge on any atom is 0.138 e. The number of para-hydroxylation sites is 4. The summed E-state index contributed by atoms with van der Waals surface area (Å²) in [4.78, 5) is 4.76. The molecule has 0 bridgehead atoms. The second-order valence-corrected chi connectivity index (χ2v) is 20.6. The molecule has 14 aromatic carbocycles. The van der Waals surface area contributed by atoms with Crippen molar-refractivity contribution < 1.29 is 9.47 Å². The standard InChI is InChI=1S/C54H36N2O.C19H11ClO/c1-5-18-37(19-6-1)44-26-13-15-29-47(44)55(41-22-9-3-10-23-41)43-34-39-32-33-40-35-49(46-28-17-31-50-54(46)53(40)52(39)51(36-43)57-50)56(42-24-11-4-12-25-42)48-30-16-14-27-45(48)38-20-7-2-8-21-38;1-10-7-11-5-6-12-8-13(20)9-16-17(12)18(11)19-14(10)3-2-4-15(19)21-16/h1-36H;2-9H,1H3. The Labute approximate surface area is 456 Å². The van der Waals surface area contributed by atoms with Gasteiger partial charge in [-0.15, -0.1) is 0 Å². The maximum absolute atomic E-state index is 7.06. The highest BCUT2D eigenvalue weighted by Crippen LogP contribution is 2.54. The molecule has 78 heavy (non-hydrogen) atoms. The Morgan fingerprint density at radius 3 is 1.33 bits per heavy atom. The average molecular weight is 1020 g/mol. The molecule has 0 N–H and O–H groups in total. The molecule has 0 atom stereocenters. The Morgan fingerprint density at radius 2 is 0.744 bits per heavy atom. The third-order valence-electron chi connectivity index (χ3n) is 15.5. The molecule has 2 aliphatic rings. The summed E-state index contributed by atoms with van der Waals surface area (Å²) in [6.45, 7) is 2.15. The molecule has 0 fully saturated rings. The molecule has 0 saturated carbocycles. The summed E-state index contributed by atoms with van der Waals surface area (Å²) in [5.74, 6) is 3.49. The van der Waals surface area contributed by atoms with Gasteiger partial charge in [0.15, 0.2) is 0 Å². The summed E-state index contributed by atoms with van der Waals surface area (Å²) in [6.07, 6.45) is 0. The summed E-state index contributed by atoms with van der Waals surface area (Å²) >= 11 is 6.22. The van der Waals surface area contributed by atoms with Crippen LogP contribution in [0.15, 0.2) is 267 Å². The van der Waals surface area contributed by atoms with Gasteiger partial charge in [0.05, 0.1) is 22.7 Å². The molecule has 2 aliphatic heterocycles. The van der Waals surface area contributed by atoms with Gasteiger partial charge in [-0.3, -0.25) is 0 Å². The molecule has 0 unspecified atom stereocenters. The van der Waals surface area contributed by atoms with E-state index in [1.54, 1.807) is 0 Å². The number of nitrogens with zero attached hydrogens (tertiary/aromatic N) is 2. The number of halogens is 1. The predicted octanol–water partition coefficient (Wildman–Crippen LogP) is 21.7. The van der Waals surface area contributed by atoms with Crippen molar-refractivity contribution in [3.8, 4) is 45.3 Å². The van der Waals surface area contributed by atoms with Crippen LogP contribution < -0.4 is 19.3 Å². The van der Waals surface area contributed by atoms with Crippen molar-refractivity contribution in [2.24, 2.45) is 0 Å². The summed E-state index contributed by atoms with van der Waals surface area (Å²) in [5.41, 5.74) is 12.5. The first-order valence-corrected chi connectivity index (χ1v) is 26.8. The molecular formula is C73H47ClN2O2. The second-order valence-electron chi connectivity index (χ2n) is 20.1. The highest BCUT2D eigenvalue weighted by molar-refractivity contribution is 6.33. The lowest BCUT2D eigenvalue weighted by molar-refractivity contribution is 0.492. The van der Waals surface area contributed by atoms with Gasteiger partial charge in [0, 0.05) is 77.4 Å². The van der Waals surface area contributed by atoms with E-state index >= 15 is 0 Å². The van der Waals surface area contributed by atoms with Crippen molar-refractivity contribution in [1.29, 1.82) is 0 Å². The van der Waals surface area contributed by atoms with Crippen molar-refractivity contribution in [3.63, 3.8) is 0 Å². The van der Waals surface area contributed by atoms with E-state index in [1.165, 1.54) is 60.0 Å². The van der Waals surface area contributed by atoms with Gasteiger partial charge in [0.25, 0.3) is 0 Å². The van der Waals surface area contributed by atoms with E-state index in [9.17, 15) is 0 Å². The molecule has 0 amide bonds. The topological polar surface area (TPSA) is 24.9 Å². The van der Waals surface area contributed by atoms with Crippen LogP contribution in [0.2, 0.25) is 5.02 Å². The summed E-state index contributed by atoms with van der Waals surface area (Å²) in [5, 5.41) is 14.9. The van der Waals surface area contributed by atoms with Gasteiger partial charge in [0.2, 0.25) is 0 Å². The fourth-order valence-corrected chi connectivity index (χ4v) is 12.4. The van der Waals surface area contributed by atoms with E-state index < -0.39 is 0 Å². The Kier molecular flexibility index (Phi) is 10.8. The zero-order valence-corrected chi connectivity index (χ0v) is 43.2. The highest BCUT2D eigenvalue weighted by Gasteiger charge is 2.28. The number of rotatable bonds is 8. The van der Waals surface area contributed by atoms with Gasteiger partial charge in [-0.1, -0.05) is 200 Å². The van der Waals surface area contributed by atoms with Crippen molar-refractivity contribution in [1.82, 2.24) is 0 Å². The third-order valence-corrected chi connectivity index (χ3v) is 15.7. The van der Waals surface area contributed by atoms with Gasteiger partial charge < -0.3 is 19.3 Å². The average Bonchev–Trinajstić information content (AvgIpc) is 3.37. The van der Waals surface area contributed by atoms with Crippen LogP contribution in [0.25, 0.3) is 86.9 Å². The van der Waals surface area contributed by atoms with E-state index in [0.717, 1.165) is 89.6 Å². The molecule has 0 radical (unpaired) electrons. The van der Waals surface area contributed by atoms with Crippen LogP contribution in [-0.4, -0.2) is 0 Å². The quantitative estimate of drug-likeness (QED) is 0.142. The molecule has 14 aromatic rings. The minimum Gasteiger partial charge on any atom is -0.456 e. The molecular weight excluding hydrogens is 972 g/mol. The van der Waals surface area contributed by atoms with Crippen molar-refractivity contribution in [2.75, 3.05) is 9.80 Å². The normalized spacial score (nSPS) is 11.9. The van der Waals surface area contributed by atoms with Crippen LogP contribution in [0.1, 0.15) is 5.56 Å². The molecule has 0 saturated heterocycles. The number of hydrogen-bond acceptors (Lipinski definition) is 4. The van der Waals surface area contributed by atoms with Crippen LogP contribution in [0.5, 0.6) is 23.0 Å². The van der Waals surface area contributed by atoms with Crippen LogP contribution in [0, 0.1) is 6.92 Å². The van der Waals surface area contributed by atoms with Gasteiger partial charge >= 0.3 is 0 Å². The molecule has 5 heteroatoms. The third kappa shape index (κ3) is 7.44. The Bertz CT molecular complexity index is 4700. The molecule has 0 aliphatic carbocycles. The van der Waals surface area contributed by atoms with E-state index in [4.69, 9.17) is 21.1 Å². The maximum atomic E-state index is 7.06. The fraction of sp³-hybridized carbons (Fsp3) is 0.0137. The van der Waals surface area contributed by atoms with Gasteiger partial charge in [0.1, 0.15) is 23.0 Å². The van der Waals surface area contributed by atoms with Crippen molar-refractivity contribution in [3.05, 3.63) is 278 Å². The van der Waals surface area contributed by atoms with E-state index in [2.05, 4.69) is 259 Å². The minimum atomic E-state index is 0.708. The first-order valence-electron chi connectivity index (χ1n) is 26.4. The Hall–Kier alpha value is -9.87. The Morgan fingerprint density at radius 1 is 0.295 bits per heavy atom. The summed E-state index contributed by atoms with van der Waals surface area (Å²) in [7, 11) is 0. The lowest BCUT2D eigenvalue weighted by atomic mass is 9.91. The van der Waals surface area contributed by atoms with Crippen LogP contribution in [-0.2, 0) is 0 Å². The smallest absolute Gasteiger partial charge is 0.138 e. The molecule has 0 spiro atoms. The fourth-order valence-electron chi connectivity index (χ4n) is 12.2. The van der Waals surface area contributed by atoms with E-state index in [1.807, 2.05) is 24.3 Å². The van der Waals surface area contributed by atoms with Crippen molar-refractivity contribution >= 4 is 110 Å². The molecule has 4 nitrogen and oxygen atoms in total. The van der Waals surface area contributed by atoms with Crippen LogP contribution in [0.3, 0.4) is 0 Å². The molecule has 0 aromatic heterocycles. The van der Waals surface area contributed by atoms with Gasteiger partial charge in [-0.25, -0.2) is 0 Å². The Balaban J connectivity index is 0.000000209. The van der Waals surface area contributed by atoms with Crippen LogP contribution >= 0.6 is 11.6 Å². The van der Waals surface area contributed by atoms with Crippen molar-refractivity contribution in [2.45, 2.75) is 6.92 Å². The number of hydrogen-bond donors (Lipinski definition) is 0. The van der Waals surface area contributed by atoms with E-state index in [-0.39, 0.29) is 0 Å². The lowest BCUT2D eigenvalue weighted by Gasteiger charge is -2.31. The van der Waals surface area contributed by atoms with Gasteiger partial charge in [-0.05, 0) is 117 Å². The lowest BCUT2D eigenvalue weighted by Crippen LogP contribution is -2.13. The first kappa shape index (κ1) is 45.5. The zero-order chi connectivity index (χ0) is 51.8. The SMILES string of the molecule is Cc1cc2ccc3cc(Cl)cc4c3c2c2c(cccc12)O4.c1ccc(-c2ccccc2N(c2ccccc2)c2cc3c4c(ccc5cc(N(c6ccccc6)c6ccccc6-c6ccccc6)c6cccc(c6c54)O3)c2)cc1. The first-order chi connectivity index (χ1) is 38.5. The summed E-state index contributed by atoms with van der Waals surface area (Å²) < 4.78 is 13.2. The monoisotopic (exact) mass is 1020 g/mol. The number of anilines is 6. The zero-order valence-electron chi connectivity index (χ0n) is 42.5. The molecule has 2 heterocycles. The minimum absolute atomic E-state index is 0.708. The number of ether oxygens (including phenoxy) is 2. The summed E-state index contributed by atoms with van der Waals surface area (Å²) in [6, 6.07) is 94.6. The second kappa shape index (κ2) is 18.5. The largest absolute Gasteiger partial charge is 0.456 e. The highest BCUT2D eigenvalue weighted by atomic mass is 35.5. The van der Waals surface area contributed by atoms with Gasteiger partial charge in [-0.2, -0.15) is 0 Å². The molecule has 368 valence electrons. The van der Waals surface area contributed by atoms with Crippen LogP contribution in [0.4, 0.5) is 34.1 Å². The van der Waals surface area contributed by atoms with E-state index in [0.29, 0.717) is 5.02 Å². The predicted molar refractivity (Wildman–Crippen MR) is 328 cm³/mol.